The zero-order valence-electron chi connectivity index (χ0n) is 15.0. The number of primary amides is 1. The van der Waals surface area contributed by atoms with Crippen LogP contribution in [0.5, 0.6) is 0 Å². The average Bonchev–Trinajstić information content (AvgIpc) is 3.21. The van der Waals surface area contributed by atoms with Crippen molar-refractivity contribution in [1.29, 1.82) is 0 Å². The number of hydrogen-bond acceptors (Lipinski definition) is 6. The van der Waals surface area contributed by atoms with Crippen LogP contribution in [0.4, 0.5) is 4.79 Å². The Morgan fingerprint density at radius 3 is 2.85 bits per heavy atom. The number of nitrogens with zero attached hydrogens (tertiary/aromatic N) is 2. The highest BCUT2D eigenvalue weighted by atomic mass is 35.5. The Hall–Kier alpha value is -1.91. The van der Waals surface area contributed by atoms with Crippen molar-refractivity contribution in [3.8, 4) is 0 Å². The van der Waals surface area contributed by atoms with Gasteiger partial charge in [0.15, 0.2) is 0 Å². The van der Waals surface area contributed by atoms with E-state index in [1.54, 1.807) is 0 Å². The molecular formula is C16H24ClN5O4S. The minimum Gasteiger partial charge on any atom is -0.391 e. The lowest BCUT2D eigenvalue weighted by Gasteiger charge is -2.29. The van der Waals surface area contributed by atoms with Gasteiger partial charge in [-0.15, -0.1) is 0 Å². The third-order valence-electron chi connectivity index (χ3n) is 4.34. The molecule has 0 saturated carbocycles. The molecule has 1 unspecified atom stereocenters. The van der Waals surface area contributed by atoms with Crippen LogP contribution in [0.2, 0.25) is 5.15 Å². The summed E-state index contributed by atoms with van der Waals surface area (Å²) in [5.41, 5.74) is 5.19. The van der Waals surface area contributed by atoms with Crippen LogP contribution in [-0.4, -0.2) is 63.5 Å². The summed E-state index contributed by atoms with van der Waals surface area (Å²) < 4.78 is 3.84. The molecule has 0 aliphatic carbocycles. The molecule has 27 heavy (non-hydrogen) atoms. The van der Waals surface area contributed by atoms with Crippen LogP contribution in [0, 0.1) is 0 Å². The van der Waals surface area contributed by atoms with E-state index in [1.807, 2.05) is 6.92 Å². The normalized spacial score (nSPS) is 20.3. The summed E-state index contributed by atoms with van der Waals surface area (Å²) >= 11 is 6.71. The molecule has 150 valence electrons. The van der Waals surface area contributed by atoms with Crippen molar-refractivity contribution in [2.45, 2.75) is 50.8 Å². The van der Waals surface area contributed by atoms with Gasteiger partial charge in [-0.3, -0.25) is 9.59 Å². The lowest BCUT2D eigenvalue weighted by molar-refractivity contribution is -0.134. The number of halogens is 1. The van der Waals surface area contributed by atoms with Crippen molar-refractivity contribution in [2.24, 2.45) is 5.73 Å². The predicted molar refractivity (Wildman–Crippen MR) is 102 cm³/mol. The molecule has 0 aromatic carbocycles. The maximum absolute atomic E-state index is 12.9. The quantitative estimate of drug-likeness (QED) is 0.493. The molecule has 1 aliphatic rings. The van der Waals surface area contributed by atoms with Gasteiger partial charge in [0.25, 0.3) is 5.91 Å². The molecular weight excluding hydrogens is 394 g/mol. The summed E-state index contributed by atoms with van der Waals surface area (Å²) in [7, 11) is 0. The highest BCUT2D eigenvalue weighted by Gasteiger charge is 2.37. The first-order valence-corrected chi connectivity index (χ1v) is 9.91. The minimum atomic E-state index is -0.767. The smallest absolute Gasteiger partial charge is 0.312 e. The van der Waals surface area contributed by atoms with Crippen LogP contribution in [-0.2, 0) is 4.79 Å². The van der Waals surface area contributed by atoms with Crippen LogP contribution >= 0.6 is 23.1 Å². The number of nitrogens with one attached hydrogen (secondary N) is 2. The van der Waals surface area contributed by atoms with Gasteiger partial charge in [-0.2, -0.15) is 4.37 Å². The Kier molecular flexibility index (Phi) is 7.81. The zero-order valence-corrected chi connectivity index (χ0v) is 16.6. The number of carbonyl (C=O) groups is 3. The summed E-state index contributed by atoms with van der Waals surface area (Å²) in [5, 5.41) is 15.5. The van der Waals surface area contributed by atoms with E-state index in [2.05, 4.69) is 15.0 Å². The molecule has 2 heterocycles. The van der Waals surface area contributed by atoms with Crippen LogP contribution in [0.25, 0.3) is 0 Å². The van der Waals surface area contributed by atoms with E-state index in [1.165, 1.54) is 11.0 Å². The standard InChI is InChI=1S/C16H24ClN5O4S/c1-2-3-4-11(20-16(18)26)15(25)22-8-10(23)5-9(22)7-19-14(24)12-6-13(17)21-27-12/h6,9-11,23H,2-5,7-8H2,1H3,(H,19,24)(H3,18,20,26)/t9-,10-,11?/m1/s1. The average molecular weight is 418 g/mol. The van der Waals surface area contributed by atoms with Crippen molar-refractivity contribution < 1.29 is 19.5 Å². The van der Waals surface area contributed by atoms with E-state index in [4.69, 9.17) is 17.3 Å². The molecule has 11 heteroatoms. The number of hydrogen-bond donors (Lipinski definition) is 4. The number of aromatic nitrogens is 1. The largest absolute Gasteiger partial charge is 0.391 e. The third kappa shape index (κ3) is 6.05. The van der Waals surface area contributed by atoms with Gasteiger partial charge in [0, 0.05) is 19.2 Å². The van der Waals surface area contributed by atoms with Gasteiger partial charge in [-0.25, -0.2) is 4.79 Å². The first-order valence-electron chi connectivity index (χ1n) is 8.76. The number of aliphatic hydroxyl groups excluding tert-OH is 1. The van der Waals surface area contributed by atoms with Crippen molar-refractivity contribution in [2.75, 3.05) is 13.1 Å². The fourth-order valence-corrected chi connectivity index (χ4v) is 3.89. The lowest BCUT2D eigenvalue weighted by atomic mass is 10.1. The Morgan fingerprint density at radius 2 is 2.26 bits per heavy atom. The topological polar surface area (TPSA) is 138 Å². The molecule has 1 fully saturated rings. The number of aliphatic hydroxyl groups is 1. The van der Waals surface area contributed by atoms with Crippen molar-refractivity contribution >= 4 is 41.0 Å². The number of nitrogens with two attached hydrogens (primary N) is 1. The highest BCUT2D eigenvalue weighted by Crippen LogP contribution is 2.20. The summed E-state index contributed by atoms with van der Waals surface area (Å²) in [5.74, 6) is -0.648. The molecule has 1 aromatic heterocycles. The van der Waals surface area contributed by atoms with Gasteiger partial charge in [-0.1, -0.05) is 31.4 Å². The molecule has 0 bridgehead atoms. The highest BCUT2D eigenvalue weighted by molar-refractivity contribution is 7.08. The fourth-order valence-electron chi connectivity index (χ4n) is 3.05. The fraction of sp³-hybridized carbons (Fsp3) is 0.625. The molecule has 1 aromatic rings. The number of urea groups is 1. The monoisotopic (exact) mass is 417 g/mol. The number of carbonyl (C=O) groups excluding carboxylic acids is 3. The Morgan fingerprint density at radius 1 is 1.52 bits per heavy atom. The Bertz CT molecular complexity index is 686. The van der Waals surface area contributed by atoms with Gasteiger partial charge in [0.1, 0.15) is 16.1 Å². The van der Waals surface area contributed by atoms with Gasteiger partial charge >= 0.3 is 6.03 Å². The summed E-state index contributed by atoms with van der Waals surface area (Å²) in [6, 6.07) is -0.424. The van der Waals surface area contributed by atoms with E-state index in [9.17, 15) is 19.5 Å². The molecule has 9 nitrogen and oxygen atoms in total. The Labute approximate surface area is 166 Å². The second-order valence-corrected chi connectivity index (χ2v) is 7.65. The summed E-state index contributed by atoms with van der Waals surface area (Å²) in [6.45, 7) is 2.30. The van der Waals surface area contributed by atoms with E-state index >= 15 is 0 Å². The molecule has 0 spiro atoms. The number of rotatable bonds is 8. The molecule has 5 N–H and O–H groups in total. The second-order valence-electron chi connectivity index (χ2n) is 6.46. The van der Waals surface area contributed by atoms with Crippen LogP contribution in [0.1, 0.15) is 42.3 Å². The number of β-amino-alcohol motifs (C(OH)–C–C–N with tert-alkyl or cyclic N) is 1. The summed E-state index contributed by atoms with van der Waals surface area (Å²) in [4.78, 5) is 38.1. The maximum atomic E-state index is 12.9. The van der Waals surface area contributed by atoms with Crippen molar-refractivity contribution in [3.63, 3.8) is 0 Å². The van der Waals surface area contributed by atoms with Crippen molar-refractivity contribution in [3.05, 3.63) is 16.1 Å². The zero-order chi connectivity index (χ0) is 20.0. The molecule has 1 saturated heterocycles. The van der Waals surface area contributed by atoms with Gasteiger partial charge < -0.3 is 26.4 Å². The third-order valence-corrected chi connectivity index (χ3v) is 5.42. The van der Waals surface area contributed by atoms with Crippen LogP contribution in [0.15, 0.2) is 6.07 Å². The number of amides is 4. The number of unbranched alkanes of at least 4 members (excludes halogenated alkanes) is 1. The van der Waals surface area contributed by atoms with E-state index in [-0.39, 0.29) is 36.1 Å². The molecule has 1 aliphatic heterocycles. The molecule has 2 rings (SSSR count). The minimum absolute atomic E-state index is 0.148. The van der Waals surface area contributed by atoms with Crippen molar-refractivity contribution in [1.82, 2.24) is 19.9 Å². The number of likely N-dealkylation sites (tertiary alicyclic amines) is 1. The van der Waals surface area contributed by atoms with Crippen LogP contribution < -0.4 is 16.4 Å². The Balaban J connectivity index is 2.01. The predicted octanol–water partition coefficient (Wildman–Crippen LogP) is 0.715. The van der Waals surface area contributed by atoms with E-state index in [0.29, 0.717) is 17.7 Å². The lowest BCUT2D eigenvalue weighted by Crippen LogP contribution is -2.53. The first-order chi connectivity index (χ1) is 12.8. The molecule has 3 atom stereocenters. The maximum Gasteiger partial charge on any atom is 0.312 e. The summed E-state index contributed by atoms with van der Waals surface area (Å²) in [6.07, 6.45) is 1.73. The van der Waals surface area contributed by atoms with Gasteiger partial charge in [0.05, 0.1) is 12.1 Å². The van der Waals surface area contributed by atoms with E-state index < -0.39 is 18.2 Å². The second kappa shape index (κ2) is 9.86. The molecule has 4 amide bonds. The van der Waals surface area contributed by atoms with Gasteiger partial charge in [0.2, 0.25) is 5.91 Å². The SMILES string of the molecule is CCCCC(NC(N)=O)C(=O)N1C[C@H](O)C[C@@H]1CNC(=O)c1cc(Cl)ns1. The van der Waals surface area contributed by atoms with Gasteiger partial charge in [-0.05, 0) is 24.4 Å². The first kappa shape index (κ1) is 21.4. The molecule has 0 radical (unpaired) electrons. The van der Waals surface area contributed by atoms with Crippen LogP contribution in [0.3, 0.4) is 0 Å². The van der Waals surface area contributed by atoms with E-state index in [0.717, 1.165) is 24.4 Å².